The summed E-state index contributed by atoms with van der Waals surface area (Å²) in [6.07, 6.45) is 23.5. The van der Waals surface area contributed by atoms with Crippen LogP contribution in [0.25, 0.3) is 0 Å². The summed E-state index contributed by atoms with van der Waals surface area (Å²) in [6.45, 7) is 5.28. The molecule has 0 aliphatic carbocycles. The topological polar surface area (TPSA) is 40.5 Å². The molecule has 0 spiro atoms. The van der Waals surface area contributed by atoms with Crippen LogP contribution in [0.5, 0.6) is 0 Å². The van der Waals surface area contributed by atoms with E-state index in [-0.39, 0.29) is 37.2 Å². The number of quaternary nitrogens is 1. The van der Waals surface area contributed by atoms with Crippen LogP contribution in [0.2, 0.25) is 0 Å². The summed E-state index contributed by atoms with van der Waals surface area (Å²) in [7, 11) is 2.14. The summed E-state index contributed by atoms with van der Waals surface area (Å²) in [5.74, 6) is 0. The molecule has 0 bridgehead atoms. The second-order valence-electron chi connectivity index (χ2n) is 8.18. The van der Waals surface area contributed by atoms with Crippen molar-refractivity contribution in [2.75, 3.05) is 39.9 Å². The fraction of sp³-hybridized carbons (Fsp3) is 0.913. The van der Waals surface area contributed by atoms with Crippen molar-refractivity contribution in [3.05, 3.63) is 12.2 Å². The zero-order chi connectivity index (χ0) is 19.3. The van der Waals surface area contributed by atoms with E-state index in [1.807, 2.05) is 0 Å². The van der Waals surface area contributed by atoms with Gasteiger partial charge < -0.3 is 38.7 Å². The Labute approximate surface area is 187 Å². The van der Waals surface area contributed by atoms with Gasteiger partial charge in [0.1, 0.15) is 13.1 Å². The van der Waals surface area contributed by atoms with Gasteiger partial charge in [-0.25, -0.2) is 0 Å². The number of unbranched alkanes of at least 4 members (excludes halogenated alkanes) is 12. The molecular weight excluding hydrogens is 449 g/mol. The molecule has 0 aliphatic heterocycles. The SMILES string of the molecule is CCCCCCCC/C=C\CCCCCCCC[N+](C)(CCO)CCO.[I-]. The first kappa shape index (κ1) is 29.6. The summed E-state index contributed by atoms with van der Waals surface area (Å²) in [5, 5.41) is 18.3. The van der Waals surface area contributed by atoms with Crippen molar-refractivity contribution in [2.45, 2.75) is 96.8 Å². The molecule has 0 saturated carbocycles. The van der Waals surface area contributed by atoms with Gasteiger partial charge in [-0.05, 0) is 38.5 Å². The fourth-order valence-corrected chi connectivity index (χ4v) is 3.56. The number of hydrogen-bond donors (Lipinski definition) is 2. The molecule has 27 heavy (non-hydrogen) atoms. The van der Waals surface area contributed by atoms with Gasteiger partial charge in [0.15, 0.2) is 0 Å². The van der Waals surface area contributed by atoms with Crippen LogP contribution in [0.15, 0.2) is 12.2 Å². The summed E-state index contributed by atoms with van der Waals surface area (Å²) in [5.41, 5.74) is 0. The Morgan fingerprint density at radius 1 is 0.593 bits per heavy atom. The van der Waals surface area contributed by atoms with E-state index in [1.165, 1.54) is 89.9 Å². The van der Waals surface area contributed by atoms with Crippen molar-refractivity contribution >= 4 is 0 Å². The van der Waals surface area contributed by atoms with Gasteiger partial charge in [0.05, 0.1) is 26.8 Å². The fourth-order valence-electron chi connectivity index (χ4n) is 3.56. The Hall–Kier alpha value is 0.350. The molecule has 4 heteroatoms. The predicted octanol–water partition coefficient (Wildman–Crippen LogP) is 2.46. The molecule has 0 aromatic rings. The maximum Gasteiger partial charge on any atom is 0.102 e. The highest BCUT2D eigenvalue weighted by Gasteiger charge is 2.19. The molecule has 0 rings (SSSR count). The Kier molecular flexibility index (Phi) is 24.8. The third-order valence-electron chi connectivity index (χ3n) is 5.49. The van der Waals surface area contributed by atoms with E-state index in [2.05, 4.69) is 26.1 Å². The number of rotatable bonds is 20. The van der Waals surface area contributed by atoms with Crippen molar-refractivity contribution < 1.29 is 38.7 Å². The molecule has 0 fully saturated rings. The quantitative estimate of drug-likeness (QED) is 0.117. The smallest absolute Gasteiger partial charge is 0.102 e. The number of halogens is 1. The van der Waals surface area contributed by atoms with Gasteiger partial charge in [0, 0.05) is 0 Å². The summed E-state index contributed by atoms with van der Waals surface area (Å²) >= 11 is 0. The first-order valence-electron chi connectivity index (χ1n) is 11.4. The molecule has 164 valence electrons. The van der Waals surface area contributed by atoms with Gasteiger partial charge >= 0.3 is 0 Å². The van der Waals surface area contributed by atoms with Crippen molar-refractivity contribution in [1.82, 2.24) is 0 Å². The van der Waals surface area contributed by atoms with Gasteiger partial charge in [-0.1, -0.05) is 70.4 Å². The molecule has 0 unspecified atom stereocenters. The maximum atomic E-state index is 9.16. The van der Waals surface area contributed by atoms with Crippen LogP contribution in [0, 0.1) is 0 Å². The van der Waals surface area contributed by atoms with Gasteiger partial charge in [-0.2, -0.15) is 0 Å². The monoisotopic (exact) mass is 497 g/mol. The zero-order valence-electron chi connectivity index (χ0n) is 18.3. The molecular formula is C23H48INO2. The van der Waals surface area contributed by atoms with Crippen molar-refractivity contribution in [3.8, 4) is 0 Å². The van der Waals surface area contributed by atoms with Crippen LogP contribution in [0.1, 0.15) is 96.8 Å². The average molecular weight is 498 g/mol. The van der Waals surface area contributed by atoms with E-state index in [0.29, 0.717) is 0 Å². The molecule has 0 aliphatic rings. The Bertz CT molecular complexity index is 305. The summed E-state index contributed by atoms with van der Waals surface area (Å²) in [4.78, 5) is 0. The molecule has 3 nitrogen and oxygen atoms in total. The average Bonchev–Trinajstić information content (AvgIpc) is 2.62. The number of nitrogens with zero attached hydrogens (tertiary/aromatic N) is 1. The van der Waals surface area contributed by atoms with Crippen LogP contribution in [0.3, 0.4) is 0 Å². The number of hydrogen-bond acceptors (Lipinski definition) is 2. The molecule has 2 N–H and O–H groups in total. The van der Waals surface area contributed by atoms with E-state index in [4.69, 9.17) is 10.2 Å². The second-order valence-corrected chi connectivity index (χ2v) is 8.18. The summed E-state index contributed by atoms with van der Waals surface area (Å²) < 4.78 is 0.802. The van der Waals surface area contributed by atoms with Crippen molar-refractivity contribution in [3.63, 3.8) is 0 Å². The van der Waals surface area contributed by atoms with Crippen LogP contribution in [-0.4, -0.2) is 54.6 Å². The minimum Gasteiger partial charge on any atom is -1.00 e. The van der Waals surface area contributed by atoms with E-state index in [9.17, 15) is 0 Å². The van der Waals surface area contributed by atoms with Crippen molar-refractivity contribution in [1.29, 1.82) is 0 Å². The minimum absolute atomic E-state index is 0. The van der Waals surface area contributed by atoms with Gasteiger partial charge in [-0.3, -0.25) is 0 Å². The molecule has 0 aromatic carbocycles. The van der Waals surface area contributed by atoms with Gasteiger partial charge in [0.25, 0.3) is 0 Å². The van der Waals surface area contributed by atoms with Crippen LogP contribution in [0.4, 0.5) is 0 Å². The third kappa shape index (κ3) is 20.9. The molecule has 0 radical (unpaired) electrons. The highest BCUT2D eigenvalue weighted by atomic mass is 127. The molecule has 0 atom stereocenters. The zero-order valence-corrected chi connectivity index (χ0v) is 20.5. The minimum atomic E-state index is 0. The number of allylic oxidation sites excluding steroid dienone is 2. The van der Waals surface area contributed by atoms with Crippen molar-refractivity contribution in [2.24, 2.45) is 0 Å². The Balaban J connectivity index is 0. The molecule has 0 saturated heterocycles. The third-order valence-corrected chi connectivity index (χ3v) is 5.49. The lowest BCUT2D eigenvalue weighted by atomic mass is 10.1. The Morgan fingerprint density at radius 2 is 1.00 bits per heavy atom. The lowest BCUT2D eigenvalue weighted by Crippen LogP contribution is -3.00. The largest absolute Gasteiger partial charge is 1.00 e. The van der Waals surface area contributed by atoms with E-state index < -0.39 is 0 Å². The van der Waals surface area contributed by atoms with E-state index in [0.717, 1.165) is 24.1 Å². The number of aliphatic hydroxyl groups is 2. The van der Waals surface area contributed by atoms with Crippen LogP contribution in [-0.2, 0) is 0 Å². The lowest BCUT2D eigenvalue weighted by Gasteiger charge is -2.33. The van der Waals surface area contributed by atoms with Gasteiger partial charge in [0.2, 0.25) is 0 Å². The second kappa shape index (κ2) is 22.6. The Morgan fingerprint density at radius 3 is 1.44 bits per heavy atom. The first-order chi connectivity index (χ1) is 12.7. The predicted molar refractivity (Wildman–Crippen MR) is 114 cm³/mol. The number of likely N-dealkylation sites (N-methyl/N-ethyl adjacent to an activating group) is 1. The van der Waals surface area contributed by atoms with Gasteiger partial charge in [-0.15, -0.1) is 0 Å². The van der Waals surface area contributed by atoms with E-state index >= 15 is 0 Å². The molecule has 0 heterocycles. The highest BCUT2D eigenvalue weighted by Crippen LogP contribution is 2.11. The molecule has 0 amide bonds. The first-order valence-corrected chi connectivity index (χ1v) is 11.4. The lowest BCUT2D eigenvalue weighted by molar-refractivity contribution is -0.910. The summed E-state index contributed by atoms with van der Waals surface area (Å²) in [6, 6.07) is 0. The van der Waals surface area contributed by atoms with E-state index in [1.54, 1.807) is 0 Å². The highest BCUT2D eigenvalue weighted by molar-refractivity contribution is 4.81. The van der Waals surface area contributed by atoms with Crippen LogP contribution >= 0.6 is 0 Å². The number of aliphatic hydroxyl groups excluding tert-OH is 2. The standard InChI is InChI=1S/C23H48NO2.HI/c1-3-4-5-6-7-8-9-10-11-12-13-14-15-16-17-18-19-24(2,20-22-25)21-23-26;/h10-11,25-26H,3-9,12-23H2,1-2H3;1H/q+1;/p-1/b11-10-;. The molecule has 0 aromatic heterocycles. The maximum absolute atomic E-state index is 9.16. The normalized spacial score (nSPS) is 11.9. The van der Waals surface area contributed by atoms with Crippen LogP contribution < -0.4 is 24.0 Å².